The van der Waals surface area contributed by atoms with Gasteiger partial charge in [-0.25, -0.2) is 13.2 Å². The van der Waals surface area contributed by atoms with Crippen LogP contribution < -0.4 is 32.7 Å². The number of carbonyl (C=O) groups is 9. The summed E-state index contributed by atoms with van der Waals surface area (Å²) < 4.78 is 39.6. The van der Waals surface area contributed by atoms with Crippen LogP contribution in [0.25, 0.3) is 21.9 Å². The second-order valence-electron chi connectivity index (χ2n) is 22.7. The number of amides is 8. The Morgan fingerprint density at radius 1 is 0.841 bits per heavy atom. The van der Waals surface area contributed by atoms with Crippen molar-refractivity contribution in [2.24, 2.45) is 24.6 Å². The molecule has 7 N–H and O–H groups in total. The predicted octanol–water partition coefficient (Wildman–Crippen LogP) is 3.16. The normalized spacial score (nSPS) is 22.0. The van der Waals surface area contributed by atoms with Crippen molar-refractivity contribution in [2.45, 2.75) is 125 Å². The van der Waals surface area contributed by atoms with Gasteiger partial charge in [0.15, 0.2) is 9.84 Å². The zero-order valence-corrected chi connectivity index (χ0v) is 47.9. The Morgan fingerprint density at radius 2 is 1.56 bits per heavy atom. The molecular weight excluding hydrogens is 1100 g/mol. The molecule has 2 aromatic heterocycles. The molecule has 25 heteroatoms. The Hall–Kier alpha value is -7.72. The third-order valence-electron chi connectivity index (χ3n) is 16.6. The van der Waals surface area contributed by atoms with E-state index in [1.165, 1.54) is 69.8 Å². The van der Waals surface area contributed by atoms with Gasteiger partial charge in [-0.1, -0.05) is 18.2 Å². The lowest BCUT2D eigenvalue weighted by Gasteiger charge is -2.40. The Kier molecular flexibility index (Phi) is 17.3. The number of piperidine rings is 1. The van der Waals surface area contributed by atoms with Crippen LogP contribution in [0.4, 0.5) is 0 Å². The first kappa shape index (κ1) is 58.9. The molecule has 4 fully saturated rings. The fraction of sp³-hybridized carbons (Fsp3) is 0.474. The van der Waals surface area contributed by atoms with E-state index >= 15 is 4.79 Å². The topological polar surface area (TPSA) is 328 Å². The Balaban J connectivity index is 0.891. The lowest BCUT2D eigenvalue weighted by atomic mass is 9.79. The molecule has 436 valence electrons. The Labute approximate surface area is 473 Å². The molecule has 82 heavy (non-hydrogen) atoms. The maximum absolute atomic E-state index is 15.1. The number of rotatable bonds is 18. The molecule has 1 unspecified atom stereocenters. The highest BCUT2D eigenvalue weighted by Gasteiger charge is 2.47. The third-order valence-corrected chi connectivity index (χ3v) is 18.9. The first-order valence-electron chi connectivity index (χ1n) is 27.7. The number of hydrogen-bond donors (Lipinski definition) is 6. The van der Waals surface area contributed by atoms with E-state index in [4.69, 9.17) is 5.73 Å². The SMILES string of the molecule is Cn1c(=O)n(C2CCC(=O)NC2=O)c2ccc(CC[C@H]3CC[C@@H](C(=O)N4CC[C@H]5CC[C@@H](C(=O)N[C@@H](CCC(N)=O)C(=O)NCc6ccc(S(C)(=O)=O)cc6)N5C(=O)[C@@H](NC(=O)c5cc6cc(C(=O)P(C)(C)=O)ccc6[nH]5)C4)CC3)cc21. The number of imide groups is 1. The van der Waals surface area contributed by atoms with Gasteiger partial charge in [-0.05, 0) is 150 Å². The van der Waals surface area contributed by atoms with E-state index in [0.29, 0.717) is 65.5 Å². The predicted molar refractivity (Wildman–Crippen MR) is 302 cm³/mol. The number of aromatic amines is 1. The summed E-state index contributed by atoms with van der Waals surface area (Å²) in [5.74, 6) is -4.43. The summed E-state index contributed by atoms with van der Waals surface area (Å²) in [5, 5.41) is 11.1. The number of sulfone groups is 1. The number of H-pyrrole nitrogens is 1. The van der Waals surface area contributed by atoms with Crippen molar-refractivity contribution < 1.29 is 56.1 Å². The molecule has 5 heterocycles. The van der Waals surface area contributed by atoms with Crippen molar-refractivity contribution in [2.75, 3.05) is 32.7 Å². The van der Waals surface area contributed by atoms with Crippen LogP contribution in [0.15, 0.2) is 76.4 Å². The van der Waals surface area contributed by atoms with Crippen molar-refractivity contribution in [3.8, 4) is 0 Å². The third kappa shape index (κ3) is 13.0. The Bertz CT molecular complexity index is 3630. The minimum Gasteiger partial charge on any atom is -0.370 e. The monoisotopic (exact) mass is 1160 g/mol. The van der Waals surface area contributed by atoms with Crippen LogP contribution in [-0.4, -0.2) is 142 Å². The zero-order chi connectivity index (χ0) is 58.9. The molecule has 4 aliphatic rings. The lowest BCUT2D eigenvalue weighted by molar-refractivity contribution is -0.147. The number of nitrogens with two attached hydrogens (primary N) is 1. The number of hydrogen-bond acceptors (Lipinski definition) is 13. The van der Waals surface area contributed by atoms with E-state index in [0.717, 1.165) is 31.1 Å². The summed E-state index contributed by atoms with van der Waals surface area (Å²) >= 11 is 0. The average Bonchev–Trinajstić information content (AvgIpc) is 4.36. The zero-order valence-electron chi connectivity index (χ0n) is 46.2. The van der Waals surface area contributed by atoms with Crippen LogP contribution >= 0.6 is 7.14 Å². The van der Waals surface area contributed by atoms with E-state index in [9.17, 15) is 56.1 Å². The molecule has 5 aromatic rings. The molecule has 0 radical (unpaired) electrons. The number of benzene rings is 3. The lowest BCUT2D eigenvalue weighted by Crippen LogP contribution is -2.62. The van der Waals surface area contributed by atoms with Crippen LogP contribution in [0.3, 0.4) is 0 Å². The first-order valence-corrected chi connectivity index (χ1v) is 32.2. The van der Waals surface area contributed by atoms with Crippen molar-refractivity contribution in [1.82, 2.24) is 45.2 Å². The van der Waals surface area contributed by atoms with Gasteiger partial charge in [0.1, 0.15) is 37.0 Å². The summed E-state index contributed by atoms with van der Waals surface area (Å²) in [6.45, 7) is 2.71. The number of carbonyl (C=O) groups excluding carboxylic acids is 9. The molecule has 8 amide bonds. The van der Waals surface area contributed by atoms with Gasteiger partial charge in [-0.15, -0.1) is 0 Å². The maximum Gasteiger partial charge on any atom is 0.329 e. The van der Waals surface area contributed by atoms with E-state index in [-0.39, 0.29) is 91.3 Å². The summed E-state index contributed by atoms with van der Waals surface area (Å²) in [4.78, 5) is 141. The standard InChI is InChI=1S/C57H69N10O13PS/c1-64-47-27-33(11-20-44(47)67(57(64)77)46-22-24-49(69)63-53(46)73)6-5-32-7-12-35(13-8-32)54(74)65-26-25-38-15-21-45(52(72)61-41(19-23-48(58)68)50(70)59-30-34-9-16-39(17-10-34)82(4,79)80)66(38)55(75)43(31-65)62-51(71)42-29-37-28-36(14-18-40(37)60-42)56(76)81(2,3)78/h9-11,14,16-18,20,27-29,32,35,38,41,43,45-46,60H,5-8,12-13,15,19,21-26,30-31H2,1-4H3,(H2,58,68)(H,59,70)(H,61,72)(H,62,71)(H,63,69,73)/t32-,35+,38-,41+,43+,45+,46?/m1/s1. The van der Waals surface area contributed by atoms with E-state index in [1.54, 1.807) is 18.0 Å². The molecule has 3 aromatic carbocycles. The molecule has 23 nitrogen and oxygen atoms in total. The molecule has 0 bridgehead atoms. The van der Waals surface area contributed by atoms with Gasteiger partial charge in [0.2, 0.25) is 46.9 Å². The highest BCUT2D eigenvalue weighted by molar-refractivity contribution is 7.90. The van der Waals surface area contributed by atoms with E-state index in [1.807, 2.05) is 18.2 Å². The average molecular weight is 1170 g/mol. The highest BCUT2D eigenvalue weighted by atomic mass is 32.2. The molecular formula is C57H69N10O13PS. The van der Waals surface area contributed by atoms with Crippen LogP contribution in [-0.2, 0) is 68.0 Å². The maximum atomic E-state index is 15.1. The molecule has 0 spiro atoms. The second kappa shape index (κ2) is 24.0. The van der Waals surface area contributed by atoms with E-state index in [2.05, 4.69) is 26.3 Å². The van der Waals surface area contributed by atoms with E-state index < -0.39 is 88.2 Å². The van der Waals surface area contributed by atoms with Gasteiger partial charge in [0.25, 0.3) is 5.91 Å². The second-order valence-corrected chi connectivity index (χ2v) is 27.8. The summed E-state index contributed by atoms with van der Waals surface area (Å²) in [7, 11) is -4.94. The number of aromatic nitrogens is 3. The number of nitrogens with one attached hydrogen (secondary N) is 5. The van der Waals surface area contributed by atoms with Gasteiger partial charge < -0.3 is 41.0 Å². The fourth-order valence-corrected chi connectivity index (χ4v) is 13.4. The number of imidazole rings is 1. The van der Waals surface area contributed by atoms with Crippen LogP contribution in [0, 0.1) is 11.8 Å². The number of aryl methyl sites for hydroxylation is 2. The van der Waals surface area contributed by atoms with Crippen LogP contribution in [0.1, 0.15) is 115 Å². The number of primary amides is 1. The minimum atomic E-state index is -3.46. The highest BCUT2D eigenvalue weighted by Crippen LogP contribution is 2.41. The quantitative estimate of drug-likeness (QED) is 0.0543. The molecule has 1 saturated carbocycles. The van der Waals surface area contributed by atoms with Crippen molar-refractivity contribution in [1.29, 1.82) is 0 Å². The van der Waals surface area contributed by atoms with Gasteiger partial charge in [0.05, 0.1) is 15.9 Å². The largest absolute Gasteiger partial charge is 0.370 e. The van der Waals surface area contributed by atoms with Crippen LogP contribution in [0.2, 0.25) is 0 Å². The molecule has 3 saturated heterocycles. The van der Waals surface area contributed by atoms with Crippen LogP contribution in [0.5, 0.6) is 0 Å². The molecule has 5 atom stereocenters. The van der Waals surface area contributed by atoms with Gasteiger partial charge >= 0.3 is 5.69 Å². The number of fused-ring (bicyclic) bond motifs is 3. The molecule has 3 aliphatic heterocycles. The molecule has 1 aliphatic carbocycles. The fourth-order valence-electron chi connectivity index (χ4n) is 12.0. The summed E-state index contributed by atoms with van der Waals surface area (Å²) in [5.41, 5.74) is 8.20. The Morgan fingerprint density at radius 3 is 2.24 bits per heavy atom. The minimum absolute atomic E-state index is 0.0366. The summed E-state index contributed by atoms with van der Waals surface area (Å²) in [6, 6.07) is 12.7. The van der Waals surface area contributed by atoms with Gasteiger partial charge in [-0.3, -0.25) is 57.6 Å². The number of nitrogens with zero attached hydrogens (tertiary/aromatic N) is 4. The molecule has 9 rings (SSSR count). The smallest absolute Gasteiger partial charge is 0.329 e. The first-order chi connectivity index (χ1) is 38.8. The van der Waals surface area contributed by atoms with Gasteiger partial charge in [-0.2, -0.15) is 0 Å². The van der Waals surface area contributed by atoms with Gasteiger partial charge in [0, 0.05) is 74.2 Å². The van der Waals surface area contributed by atoms with Crippen molar-refractivity contribution in [3.05, 3.63) is 99.6 Å². The van der Waals surface area contributed by atoms with Crippen molar-refractivity contribution >= 4 is 91.7 Å². The summed E-state index contributed by atoms with van der Waals surface area (Å²) in [6.07, 6.45) is 6.16. The van der Waals surface area contributed by atoms with Crippen molar-refractivity contribution in [3.63, 3.8) is 0 Å².